The summed E-state index contributed by atoms with van der Waals surface area (Å²) in [6, 6.07) is 8.18. The molecule has 1 saturated heterocycles. The van der Waals surface area contributed by atoms with Crippen molar-refractivity contribution in [1.29, 1.82) is 0 Å². The molecular weight excluding hydrogens is 240 g/mol. The fourth-order valence-electron chi connectivity index (χ4n) is 2.62. The van der Waals surface area contributed by atoms with Crippen LogP contribution in [0.1, 0.15) is 18.1 Å². The second-order valence-corrected chi connectivity index (χ2v) is 5.93. The third kappa shape index (κ3) is 2.65. The minimum Gasteiger partial charge on any atom is -0.380 e. The second-order valence-electron chi connectivity index (χ2n) is 5.93. The standard InChI is InChI=1S/C15H20N2O2/c1-15(9-19-10-15)8-17-14(18)13-6-11-4-2-3-5-12(11)7-16-13/h2-5,13,16H,6-10H2,1H3,(H,17,18)/t13-/m1/s1. The topological polar surface area (TPSA) is 50.4 Å². The van der Waals surface area contributed by atoms with Crippen molar-refractivity contribution in [2.24, 2.45) is 5.41 Å². The molecule has 2 aliphatic rings. The molecule has 1 fully saturated rings. The van der Waals surface area contributed by atoms with Crippen molar-refractivity contribution in [3.05, 3.63) is 35.4 Å². The summed E-state index contributed by atoms with van der Waals surface area (Å²) in [7, 11) is 0. The molecule has 4 heteroatoms. The van der Waals surface area contributed by atoms with Crippen LogP contribution >= 0.6 is 0 Å². The van der Waals surface area contributed by atoms with Gasteiger partial charge in [0, 0.05) is 18.5 Å². The first-order valence-corrected chi connectivity index (χ1v) is 6.82. The van der Waals surface area contributed by atoms with Crippen LogP contribution in [0.4, 0.5) is 0 Å². The van der Waals surface area contributed by atoms with E-state index in [2.05, 4.69) is 29.7 Å². The van der Waals surface area contributed by atoms with Crippen molar-refractivity contribution in [3.8, 4) is 0 Å². The minimum atomic E-state index is -0.112. The molecule has 1 aromatic rings. The molecule has 2 heterocycles. The van der Waals surface area contributed by atoms with Gasteiger partial charge in [-0.1, -0.05) is 31.2 Å². The van der Waals surface area contributed by atoms with Crippen molar-refractivity contribution >= 4 is 5.91 Å². The molecular formula is C15H20N2O2. The Hall–Kier alpha value is -1.39. The molecule has 0 unspecified atom stereocenters. The zero-order valence-electron chi connectivity index (χ0n) is 11.2. The highest BCUT2D eigenvalue weighted by Gasteiger charge is 2.34. The Morgan fingerprint density at radius 3 is 2.84 bits per heavy atom. The lowest BCUT2D eigenvalue weighted by Crippen LogP contribution is -2.53. The molecule has 1 aromatic carbocycles. The number of fused-ring (bicyclic) bond motifs is 1. The number of nitrogens with one attached hydrogen (secondary N) is 2. The van der Waals surface area contributed by atoms with Crippen LogP contribution in [-0.4, -0.2) is 31.7 Å². The lowest BCUT2D eigenvalue weighted by Gasteiger charge is -2.38. The third-order valence-corrected chi connectivity index (χ3v) is 3.99. The molecule has 1 amide bonds. The maximum atomic E-state index is 12.2. The molecule has 0 radical (unpaired) electrons. The number of benzene rings is 1. The summed E-state index contributed by atoms with van der Waals surface area (Å²) in [4.78, 5) is 12.2. The predicted octanol–water partition coefficient (Wildman–Crippen LogP) is 0.854. The van der Waals surface area contributed by atoms with Crippen LogP contribution in [0.15, 0.2) is 24.3 Å². The van der Waals surface area contributed by atoms with Gasteiger partial charge in [-0.3, -0.25) is 4.79 Å². The van der Waals surface area contributed by atoms with E-state index >= 15 is 0 Å². The Labute approximate surface area is 113 Å². The predicted molar refractivity (Wildman–Crippen MR) is 72.7 cm³/mol. The minimum absolute atomic E-state index is 0.0997. The Bertz CT molecular complexity index is 483. The molecule has 0 bridgehead atoms. The summed E-state index contributed by atoms with van der Waals surface area (Å²) in [5.41, 5.74) is 2.70. The van der Waals surface area contributed by atoms with E-state index in [1.165, 1.54) is 11.1 Å². The number of carbonyl (C=O) groups is 1. The Balaban J connectivity index is 1.57. The fraction of sp³-hybridized carbons (Fsp3) is 0.533. The van der Waals surface area contributed by atoms with E-state index < -0.39 is 0 Å². The quantitative estimate of drug-likeness (QED) is 0.847. The number of rotatable bonds is 3. The summed E-state index contributed by atoms with van der Waals surface area (Å²) in [5.74, 6) is 0.0997. The number of amides is 1. The van der Waals surface area contributed by atoms with Gasteiger partial charge in [-0.05, 0) is 17.5 Å². The number of ether oxygens (including phenoxy) is 1. The molecule has 1 atom stereocenters. The molecule has 0 aliphatic carbocycles. The highest BCUT2D eigenvalue weighted by molar-refractivity contribution is 5.82. The van der Waals surface area contributed by atoms with Crippen LogP contribution in [0, 0.1) is 5.41 Å². The molecule has 19 heavy (non-hydrogen) atoms. The van der Waals surface area contributed by atoms with Crippen LogP contribution in [0.5, 0.6) is 0 Å². The summed E-state index contributed by atoms with van der Waals surface area (Å²) in [5, 5.41) is 6.35. The second kappa shape index (κ2) is 4.94. The highest BCUT2D eigenvalue weighted by atomic mass is 16.5. The van der Waals surface area contributed by atoms with Gasteiger partial charge in [0.1, 0.15) is 0 Å². The van der Waals surface area contributed by atoms with Crippen LogP contribution in [0.2, 0.25) is 0 Å². The van der Waals surface area contributed by atoms with E-state index in [9.17, 15) is 4.79 Å². The van der Waals surface area contributed by atoms with E-state index in [1.54, 1.807) is 0 Å². The molecule has 2 N–H and O–H groups in total. The Morgan fingerprint density at radius 2 is 2.16 bits per heavy atom. The molecule has 0 saturated carbocycles. The number of carbonyl (C=O) groups excluding carboxylic acids is 1. The molecule has 0 spiro atoms. The largest absolute Gasteiger partial charge is 0.380 e. The third-order valence-electron chi connectivity index (χ3n) is 3.99. The maximum Gasteiger partial charge on any atom is 0.237 e. The highest BCUT2D eigenvalue weighted by Crippen LogP contribution is 2.25. The fourth-order valence-corrected chi connectivity index (χ4v) is 2.62. The first-order chi connectivity index (χ1) is 9.16. The van der Waals surface area contributed by atoms with Gasteiger partial charge >= 0.3 is 0 Å². The van der Waals surface area contributed by atoms with Gasteiger partial charge in [-0.2, -0.15) is 0 Å². The zero-order valence-corrected chi connectivity index (χ0v) is 11.2. The summed E-state index contributed by atoms with van der Waals surface area (Å²) >= 11 is 0. The molecule has 0 aromatic heterocycles. The van der Waals surface area contributed by atoms with E-state index in [1.807, 2.05) is 12.1 Å². The Kier molecular flexibility index (Phi) is 3.29. The SMILES string of the molecule is CC1(CNC(=O)[C@H]2Cc3ccccc3CN2)COC1. The van der Waals surface area contributed by atoms with Crippen molar-refractivity contribution in [2.75, 3.05) is 19.8 Å². The van der Waals surface area contributed by atoms with Gasteiger partial charge in [-0.25, -0.2) is 0 Å². The first kappa shape index (κ1) is 12.6. The number of hydrogen-bond donors (Lipinski definition) is 2. The van der Waals surface area contributed by atoms with Crippen LogP contribution in [-0.2, 0) is 22.5 Å². The lowest BCUT2D eigenvalue weighted by molar-refractivity contribution is -0.128. The molecule has 102 valence electrons. The normalized spacial score (nSPS) is 24.2. The van der Waals surface area contributed by atoms with Gasteiger partial charge in [0.05, 0.1) is 19.3 Å². The lowest BCUT2D eigenvalue weighted by atomic mass is 9.88. The van der Waals surface area contributed by atoms with Gasteiger partial charge in [0.2, 0.25) is 5.91 Å². The van der Waals surface area contributed by atoms with Crippen LogP contribution in [0.3, 0.4) is 0 Å². The van der Waals surface area contributed by atoms with E-state index in [0.717, 1.165) is 26.2 Å². The Morgan fingerprint density at radius 1 is 1.42 bits per heavy atom. The molecule has 2 aliphatic heterocycles. The van der Waals surface area contributed by atoms with E-state index in [-0.39, 0.29) is 17.4 Å². The maximum absolute atomic E-state index is 12.2. The number of hydrogen-bond acceptors (Lipinski definition) is 3. The average molecular weight is 260 g/mol. The van der Waals surface area contributed by atoms with E-state index in [0.29, 0.717) is 6.54 Å². The van der Waals surface area contributed by atoms with Gasteiger partial charge < -0.3 is 15.4 Å². The molecule has 3 rings (SSSR count). The molecule has 4 nitrogen and oxygen atoms in total. The first-order valence-electron chi connectivity index (χ1n) is 6.82. The van der Waals surface area contributed by atoms with Gasteiger partial charge in [0.25, 0.3) is 0 Å². The van der Waals surface area contributed by atoms with Crippen LogP contribution < -0.4 is 10.6 Å². The van der Waals surface area contributed by atoms with Gasteiger partial charge in [0.15, 0.2) is 0 Å². The smallest absolute Gasteiger partial charge is 0.237 e. The van der Waals surface area contributed by atoms with Crippen molar-refractivity contribution in [2.45, 2.75) is 25.9 Å². The summed E-state index contributed by atoms with van der Waals surface area (Å²) in [6.07, 6.45) is 0.773. The van der Waals surface area contributed by atoms with Gasteiger partial charge in [-0.15, -0.1) is 0 Å². The van der Waals surface area contributed by atoms with Crippen molar-refractivity contribution in [3.63, 3.8) is 0 Å². The average Bonchev–Trinajstić information content (AvgIpc) is 2.42. The zero-order chi connectivity index (χ0) is 13.3. The van der Waals surface area contributed by atoms with Crippen molar-refractivity contribution in [1.82, 2.24) is 10.6 Å². The summed E-state index contributed by atoms with van der Waals surface area (Å²) in [6.45, 7) is 5.10. The van der Waals surface area contributed by atoms with Crippen LogP contribution in [0.25, 0.3) is 0 Å². The van der Waals surface area contributed by atoms with Crippen molar-refractivity contribution < 1.29 is 9.53 Å². The van der Waals surface area contributed by atoms with E-state index in [4.69, 9.17) is 4.74 Å². The monoisotopic (exact) mass is 260 g/mol. The summed E-state index contributed by atoms with van der Waals surface area (Å²) < 4.78 is 5.20.